The summed E-state index contributed by atoms with van der Waals surface area (Å²) in [7, 11) is 0. The Kier molecular flexibility index (Phi) is 2.79. The van der Waals surface area contributed by atoms with Crippen molar-refractivity contribution in [3.63, 3.8) is 0 Å². The normalized spacial score (nSPS) is 9.62. The number of aromatic hydroxyl groups is 1. The third-order valence-electron chi connectivity index (χ3n) is 1.42. The van der Waals surface area contributed by atoms with E-state index in [0.29, 0.717) is 0 Å². The maximum absolute atomic E-state index is 10.3. The van der Waals surface area contributed by atoms with Gasteiger partial charge in [-0.2, -0.15) is 0 Å². The molecule has 0 fully saturated rings. The molecule has 0 saturated carbocycles. The second-order valence-electron chi connectivity index (χ2n) is 2.24. The Morgan fingerprint density at radius 3 is 2.69 bits per heavy atom. The highest BCUT2D eigenvalue weighted by molar-refractivity contribution is 7.79. The largest absolute Gasteiger partial charge is 0.506 e. The number of benzene rings is 1. The predicted octanol–water partition coefficient (Wildman–Crippen LogP) is 2.30. The van der Waals surface area contributed by atoms with Crippen LogP contribution in [0.1, 0.15) is 5.56 Å². The third-order valence-corrected chi connectivity index (χ3v) is 1.96. The summed E-state index contributed by atoms with van der Waals surface area (Å²) in [6.45, 7) is 0. The summed E-state index contributed by atoms with van der Waals surface area (Å²) in [6.07, 6.45) is 0. The average molecular weight is 218 g/mol. The lowest BCUT2D eigenvalue weighted by Gasteiger charge is -2.00. The van der Waals surface area contributed by atoms with E-state index in [2.05, 4.69) is 12.2 Å². The van der Waals surface area contributed by atoms with E-state index in [-0.39, 0.29) is 22.0 Å². The molecule has 0 saturated heterocycles. The summed E-state index contributed by atoms with van der Waals surface area (Å²) < 4.78 is 0. The Hall–Kier alpha value is -1.20. The van der Waals surface area contributed by atoms with E-state index >= 15 is 0 Å². The molecule has 0 unspecified atom stereocenters. The summed E-state index contributed by atoms with van der Waals surface area (Å²) in [6, 6.07) is 2.23. The molecule has 0 aromatic heterocycles. The fraction of sp³-hybridized carbons (Fsp3) is 0. The van der Waals surface area contributed by atoms with Crippen LogP contribution >= 0.6 is 23.8 Å². The van der Waals surface area contributed by atoms with Crippen LogP contribution in [0.25, 0.3) is 0 Å². The molecule has 0 aliphatic rings. The molecule has 0 aliphatic heterocycles. The van der Waals surface area contributed by atoms with Gasteiger partial charge in [-0.25, -0.2) is 0 Å². The minimum atomic E-state index is -0.604. The molecule has 1 N–H and O–H groups in total. The molecule has 0 atom stereocenters. The van der Waals surface area contributed by atoms with Crippen LogP contribution in [-0.4, -0.2) is 15.4 Å². The standard InChI is InChI=1S/C7H4ClNO3S/c8-6-2-5(9(11)12)1-4(3-13)7(6)10/h1-3,10H. The zero-order valence-electron chi connectivity index (χ0n) is 6.23. The number of hydrogen-bond acceptors (Lipinski definition) is 4. The van der Waals surface area contributed by atoms with Crippen LogP contribution in [0.4, 0.5) is 5.69 Å². The van der Waals surface area contributed by atoms with Crippen LogP contribution in [0.3, 0.4) is 0 Å². The van der Waals surface area contributed by atoms with Crippen molar-refractivity contribution in [2.24, 2.45) is 0 Å². The summed E-state index contributed by atoms with van der Waals surface area (Å²) >= 11 is 10.1. The molecule has 68 valence electrons. The minimum Gasteiger partial charge on any atom is -0.506 e. The van der Waals surface area contributed by atoms with Crippen LogP contribution in [0.2, 0.25) is 5.02 Å². The van der Waals surface area contributed by atoms with Crippen LogP contribution in [0, 0.1) is 10.1 Å². The first-order chi connectivity index (χ1) is 6.06. The molecule has 0 bridgehead atoms. The second-order valence-corrected chi connectivity index (χ2v) is 2.88. The molecule has 6 heteroatoms. The number of non-ortho nitro benzene ring substituents is 1. The molecule has 1 aromatic rings. The van der Waals surface area contributed by atoms with Crippen LogP contribution in [-0.2, 0) is 0 Å². The minimum absolute atomic E-state index is 0.0784. The molecule has 0 spiro atoms. The van der Waals surface area contributed by atoms with Gasteiger partial charge in [0.25, 0.3) is 5.69 Å². The smallest absolute Gasteiger partial charge is 0.271 e. The Morgan fingerprint density at radius 1 is 1.62 bits per heavy atom. The van der Waals surface area contributed by atoms with Crippen molar-refractivity contribution in [1.29, 1.82) is 0 Å². The van der Waals surface area contributed by atoms with Crippen molar-refractivity contribution in [2.75, 3.05) is 0 Å². The second kappa shape index (κ2) is 3.68. The molecule has 13 heavy (non-hydrogen) atoms. The SMILES string of the molecule is O=[N+]([O-])c1cc(Cl)c(O)c(C=S)c1. The predicted molar refractivity (Wildman–Crippen MR) is 52.5 cm³/mol. The van der Waals surface area contributed by atoms with Gasteiger partial charge in [-0.3, -0.25) is 10.1 Å². The Morgan fingerprint density at radius 2 is 2.23 bits per heavy atom. The fourth-order valence-electron chi connectivity index (χ4n) is 0.801. The molecule has 1 aromatic carbocycles. The number of thiocarbonyl (C=S) groups is 1. The molecular weight excluding hydrogens is 214 g/mol. The van der Waals surface area contributed by atoms with Gasteiger partial charge in [0.1, 0.15) is 5.75 Å². The fourth-order valence-corrected chi connectivity index (χ4v) is 1.20. The summed E-state index contributed by atoms with van der Waals surface area (Å²) in [5.74, 6) is -0.234. The van der Waals surface area contributed by atoms with Gasteiger partial charge in [-0.05, 0) is 0 Å². The quantitative estimate of drug-likeness (QED) is 0.469. The van der Waals surface area contributed by atoms with Crippen molar-refractivity contribution in [3.8, 4) is 5.75 Å². The molecule has 4 nitrogen and oxygen atoms in total. The van der Waals surface area contributed by atoms with Crippen molar-refractivity contribution < 1.29 is 10.0 Å². The Balaban J connectivity index is 3.38. The number of nitro groups is 1. The number of rotatable bonds is 2. The van der Waals surface area contributed by atoms with Gasteiger partial charge in [-0.15, -0.1) is 0 Å². The first-order valence-corrected chi connectivity index (χ1v) is 4.03. The zero-order chi connectivity index (χ0) is 10.0. The van der Waals surface area contributed by atoms with Gasteiger partial charge >= 0.3 is 0 Å². The van der Waals surface area contributed by atoms with Crippen molar-refractivity contribution >= 4 is 34.9 Å². The van der Waals surface area contributed by atoms with E-state index in [1.165, 1.54) is 0 Å². The first-order valence-electron chi connectivity index (χ1n) is 3.18. The van der Waals surface area contributed by atoms with Crippen LogP contribution in [0.15, 0.2) is 12.1 Å². The van der Waals surface area contributed by atoms with Crippen molar-refractivity contribution in [3.05, 3.63) is 32.8 Å². The van der Waals surface area contributed by atoms with E-state index < -0.39 is 4.92 Å². The van der Waals surface area contributed by atoms with Crippen LogP contribution in [0.5, 0.6) is 5.75 Å². The topological polar surface area (TPSA) is 63.4 Å². The van der Waals surface area contributed by atoms with E-state index in [0.717, 1.165) is 17.5 Å². The summed E-state index contributed by atoms with van der Waals surface area (Å²) in [5, 5.41) is 20.7. The van der Waals surface area contributed by atoms with E-state index in [9.17, 15) is 15.2 Å². The molecule has 1 rings (SSSR count). The molecule has 0 radical (unpaired) electrons. The van der Waals surface area contributed by atoms with Gasteiger partial charge in [0.05, 0.1) is 9.95 Å². The average Bonchev–Trinajstić information content (AvgIpc) is 2.09. The highest BCUT2D eigenvalue weighted by Gasteiger charge is 2.12. The molecule has 0 amide bonds. The number of hydrogen-bond donors (Lipinski definition) is 1. The zero-order valence-corrected chi connectivity index (χ0v) is 7.80. The molecule has 0 aliphatic carbocycles. The monoisotopic (exact) mass is 217 g/mol. The third kappa shape index (κ3) is 1.93. The molecular formula is C7H4ClNO3S. The first kappa shape index (κ1) is 9.88. The highest BCUT2D eigenvalue weighted by atomic mass is 35.5. The lowest BCUT2D eigenvalue weighted by molar-refractivity contribution is -0.384. The number of phenols is 1. The number of nitro benzene ring substituents is 1. The summed E-state index contributed by atoms with van der Waals surface area (Å²) in [4.78, 5) is 9.75. The van der Waals surface area contributed by atoms with Gasteiger partial charge in [0.2, 0.25) is 0 Å². The number of phenolic OH excluding ortho intramolecular Hbond substituents is 1. The van der Waals surface area contributed by atoms with Gasteiger partial charge in [0.15, 0.2) is 0 Å². The van der Waals surface area contributed by atoms with Gasteiger partial charge < -0.3 is 5.11 Å². The van der Waals surface area contributed by atoms with Crippen molar-refractivity contribution in [2.45, 2.75) is 0 Å². The Labute approximate surface area is 83.9 Å². The molecule has 0 heterocycles. The van der Waals surface area contributed by atoms with Gasteiger partial charge in [0, 0.05) is 23.1 Å². The van der Waals surface area contributed by atoms with E-state index in [1.807, 2.05) is 0 Å². The number of nitrogens with zero attached hydrogens (tertiary/aromatic N) is 1. The van der Waals surface area contributed by atoms with Crippen LogP contribution < -0.4 is 0 Å². The lowest BCUT2D eigenvalue weighted by atomic mass is 10.2. The number of halogens is 1. The maximum atomic E-state index is 10.3. The summed E-state index contributed by atoms with van der Waals surface area (Å²) in [5.41, 5.74) is -0.0203. The maximum Gasteiger partial charge on any atom is 0.271 e. The van der Waals surface area contributed by atoms with E-state index in [1.54, 1.807) is 0 Å². The highest BCUT2D eigenvalue weighted by Crippen LogP contribution is 2.31. The van der Waals surface area contributed by atoms with E-state index in [4.69, 9.17) is 11.6 Å². The van der Waals surface area contributed by atoms with Gasteiger partial charge in [-0.1, -0.05) is 23.8 Å². The lowest BCUT2D eigenvalue weighted by Crippen LogP contribution is -1.90. The Bertz CT molecular complexity index is 380. The van der Waals surface area contributed by atoms with Crippen molar-refractivity contribution in [1.82, 2.24) is 0 Å².